The van der Waals surface area contributed by atoms with Crippen molar-refractivity contribution in [2.75, 3.05) is 0 Å². The van der Waals surface area contributed by atoms with Crippen LogP contribution >= 0.6 is 23.8 Å². The second-order valence-electron chi connectivity index (χ2n) is 7.94. The van der Waals surface area contributed by atoms with Crippen LogP contribution in [0.2, 0.25) is 5.02 Å². The van der Waals surface area contributed by atoms with E-state index in [9.17, 15) is 9.90 Å². The number of nitrogens with zero attached hydrogens (tertiary/aromatic N) is 2. The van der Waals surface area contributed by atoms with Crippen LogP contribution < -0.4 is 5.32 Å². The molecule has 2 aromatic heterocycles. The zero-order chi connectivity index (χ0) is 23.7. The summed E-state index contributed by atoms with van der Waals surface area (Å²) in [4.78, 5) is 18.1. The molecule has 0 bridgehead atoms. The van der Waals surface area contributed by atoms with Gasteiger partial charge in [0.25, 0.3) is 0 Å². The summed E-state index contributed by atoms with van der Waals surface area (Å²) in [5, 5.41) is 13.8. The van der Waals surface area contributed by atoms with Gasteiger partial charge in [0.05, 0.1) is 22.3 Å². The molecule has 2 atom stereocenters. The first-order chi connectivity index (χ1) is 16.5. The molecule has 8 heteroatoms. The number of carbonyl (C=O) groups is 1. The first-order valence-electron chi connectivity index (χ1n) is 10.7. The number of carboxylic acid groups (broad SMARTS) is 1. The van der Waals surface area contributed by atoms with E-state index in [1.54, 1.807) is 18.3 Å². The fraction of sp³-hybridized carbons (Fsp3) is 0.115. The Hall–Kier alpha value is -3.68. The summed E-state index contributed by atoms with van der Waals surface area (Å²) in [5.41, 5.74) is 2.61. The average molecular weight is 490 g/mol. The SMILES string of the molecule is O=C(O)c1ccc(Cl)c(-c2ccc([C@@H]3[C@H](c4ccccn4)NC(=S)N3Cc3ccccc3)o2)c1. The number of thiocarbonyl (C=S) groups is 1. The van der Waals surface area contributed by atoms with Crippen molar-refractivity contribution in [1.29, 1.82) is 0 Å². The van der Waals surface area contributed by atoms with E-state index in [4.69, 9.17) is 28.2 Å². The fourth-order valence-corrected chi connectivity index (χ4v) is 4.68. The summed E-state index contributed by atoms with van der Waals surface area (Å²) in [6, 6.07) is 23.6. The molecular formula is C26H20ClN3O3S. The van der Waals surface area contributed by atoms with Crippen LogP contribution in [-0.2, 0) is 6.54 Å². The minimum Gasteiger partial charge on any atom is -0.478 e. The summed E-state index contributed by atoms with van der Waals surface area (Å²) in [7, 11) is 0. The normalized spacial score (nSPS) is 17.6. The molecule has 4 aromatic rings. The zero-order valence-electron chi connectivity index (χ0n) is 17.9. The summed E-state index contributed by atoms with van der Waals surface area (Å²) in [6.45, 7) is 0.589. The third kappa shape index (κ3) is 4.27. The standard InChI is InChI=1S/C26H20ClN3O3S/c27-19-10-9-17(25(31)32)14-18(19)21-11-12-22(33-21)24-23(20-8-4-5-13-28-20)29-26(34)30(24)15-16-6-2-1-3-7-16/h1-14,23-24H,15H2,(H,29,34)(H,31,32)/t23-,24+/m0/s1. The van der Waals surface area contributed by atoms with E-state index >= 15 is 0 Å². The van der Waals surface area contributed by atoms with Crippen molar-refractivity contribution >= 4 is 34.9 Å². The van der Waals surface area contributed by atoms with Crippen molar-refractivity contribution < 1.29 is 14.3 Å². The van der Waals surface area contributed by atoms with Gasteiger partial charge < -0.3 is 19.7 Å². The van der Waals surface area contributed by atoms with Crippen LogP contribution in [0.3, 0.4) is 0 Å². The molecule has 6 nitrogen and oxygen atoms in total. The molecule has 0 aliphatic carbocycles. The molecule has 0 saturated carbocycles. The average Bonchev–Trinajstić information content (AvgIpc) is 3.45. The maximum Gasteiger partial charge on any atom is 0.335 e. The highest BCUT2D eigenvalue weighted by Gasteiger charge is 2.41. The number of hydrogen-bond acceptors (Lipinski definition) is 4. The lowest BCUT2D eigenvalue weighted by Crippen LogP contribution is -2.29. The Balaban J connectivity index is 1.56. The van der Waals surface area contributed by atoms with Crippen LogP contribution in [0, 0.1) is 0 Å². The number of aromatic nitrogens is 1. The van der Waals surface area contributed by atoms with Gasteiger partial charge in [-0.1, -0.05) is 48.0 Å². The quantitative estimate of drug-likeness (QED) is 0.328. The van der Waals surface area contributed by atoms with Gasteiger partial charge in [-0.3, -0.25) is 4.98 Å². The lowest BCUT2D eigenvalue weighted by molar-refractivity contribution is 0.0697. The van der Waals surface area contributed by atoms with Crippen LogP contribution in [0.5, 0.6) is 0 Å². The van der Waals surface area contributed by atoms with Crippen molar-refractivity contribution in [3.05, 3.63) is 113 Å². The third-order valence-electron chi connectivity index (χ3n) is 5.79. The molecule has 0 spiro atoms. The number of halogens is 1. The smallest absolute Gasteiger partial charge is 0.335 e. The summed E-state index contributed by atoms with van der Waals surface area (Å²) in [5.74, 6) is 0.130. The summed E-state index contributed by atoms with van der Waals surface area (Å²) < 4.78 is 6.29. The Morgan fingerprint density at radius 1 is 1.09 bits per heavy atom. The Bertz CT molecular complexity index is 1340. The van der Waals surface area contributed by atoms with Gasteiger partial charge in [-0.25, -0.2) is 4.79 Å². The summed E-state index contributed by atoms with van der Waals surface area (Å²) in [6.07, 6.45) is 1.75. The van der Waals surface area contributed by atoms with Gasteiger partial charge in [0.15, 0.2) is 5.11 Å². The van der Waals surface area contributed by atoms with Crippen molar-refractivity contribution in [1.82, 2.24) is 15.2 Å². The zero-order valence-corrected chi connectivity index (χ0v) is 19.5. The predicted molar refractivity (Wildman–Crippen MR) is 134 cm³/mol. The van der Waals surface area contributed by atoms with Crippen LogP contribution in [-0.4, -0.2) is 26.1 Å². The topological polar surface area (TPSA) is 78.6 Å². The molecule has 1 aliphatic heterocycles. The van der Waals surface area contributed by atoms with E-state index in [0.29, 0.717) is 33.8 Å². The monoisotopic (exact) mass is 489 g/mol. The molecule has 0 unspecified atom stereocenters. The molecule has 3 heterocycles. The first-order valence-corrected chi connectivity index (χ1v) is 11.4. The Kier molecular flexibility index (Phi) is 6.04. The second kappa shape index (κ2) is 9.29. The highest BCUT2D eigenvalue weighted by Crippen LogP contribution is 2.42. The fourth-order valence-electron chi connectivity index (χ4n) is 4.17. The van der Waals surface area contributed by atoms with Crippen molar-refractivity contribution in [2.45, 2.75) is 18.6 Å². The lowest BCUT2D eigenvalue weighted by atomic mass is 10.0. The lowest BCUT2D eigenvalue weighted by Gasteiger charge is -2.26. The molecule has 1 saturated heterocycles. The van der Waals surface area contributed by atoms with Gasteiger partial charge in [-0.2, -0.15) is 0 Å². The van der Waals surface area contributed by atoms with Crippen LogP contribution in [0.4, 0.5) is 0 Å². The van der Waals surface area contributed by atoms with E-state index in [-0.39, 0.29) is 17.6 Å². The Morgan fingerprint density at radius 3 is 2.62 bits per heavy atom. The largest absolute Gasteiger partial charge is 0.478 e. The number of carboxylic acids is 1. The second-order valence-corrected chi connectivity index (χ2v) is 8.74. The van der Waals surface area contributed by atoms with E-state index in [0.717, 1.165) is 11.3 Å². The number of benzene rings is 2. The van der Waals surface area contributed by atoms with E-state index < -0.39 is 5.97 Å². The number of furan rings is 1. The minimum atomic E-state index is -1.03. The van der Waals surface area contributed by atoms with Gasteiger partial charge in [0.1, 0.15) is 17.6 Å². The van der Waals surface area contributed by atoms with Crippen molar-refractivity contribution in [3.63, 3.8) is 0 Å². The highest BCUT2D eigenvalue weighted by molar-refractivity contribution is 7.80. The number of hydrogen-bond donors (Lipinski definition) is 2. The molecule has 34 heavy (non-hydrogen) atoms. The molecule has 1 fully saturated rings. The Labute approximate surface area is 206 Å². The maximum absolute atomic E-state index is 11.5. The van der Waals surface area contributed by atoms with Crippen molar-refractivity contribution in [3.8, 4) is 11.3 Å². The van der Waals surface area contributed by atoms with Gasteiger partial charge in [-0.15, -0.1) is 0 Å². The summed E-state index contributed by atoms with van der Waals surface area (Å²) >= 11 is 12.1. The number of nitrogens with one attached hydrogen (secondary N) is 1. The number of aromatic carboxylic acids is 1. The Morgan fingerprint density at radius 2 is 1.88 bits per heavy atom. The van der Waals surface area contributed by atoms with E-state index in [1.807, 2.05) is 42.5 Å². The first kappa shape index (κ1) is 22.1. The number of rotatable bonds is 6. The predicted octanol–water partition coefficient (Wildman–Crippen LogP) is 5.87. The molecule has 0 radical (unpaired) electrons. The highest BCUT2D eigenvalue weighted by atomic mass is 35.5. The van der Waals surface area contributed by atoms with Gasteiger partial charge in [-0.05, 0) is 60.2 Å². The van der Waals surface area contributed by atoms with Gasteiger partial charge in [0.2, 0.25) is 0 Å². The minimum absolute atomic E-state index is 0.137. The van der Waals surface area contributed by atoms with Crippen LogP contribution in [0.15, 0.2) is 89.5 Å². The molecule has 170 valence electrons. The molecule has 2 N–H and O–H groups in total. The van der Waals surface area contributed by atoms with Gasteiger partial charge >= 0.3 is 5.97 Å². The van der Waals surface area contributed by atoms with Gasteiger partial charge in [0, 0.05) is 18.3 Å². The van der Waals surface area contributed by atoms with E-state index in [1.165, 1.54) is 12.1 Å². The van der Waals surface area contributed by atoms with E-state index in [2.05, 4.69) is 27.3 Å². The molecule has 2 aromatic carbocycles. The number of pyridine rings is 1. The molecular weight excluding hydrogens is 470 g/mol. The molecule has 5 rings (SSSR count). The van der Waals surface area contributed by atoms with Crippen molar-refractivity contribution in [2.24, 2.45) is 0 Å². The molecule has 1 aliphatic rings. The van der Waals surface area contributed by atoms with Crippen LogP contribution in [0.1, 0.15) is 39.5 Å². The van der Waals surface area contributed by atoms with Crippen LogP contribution in [0.25, 0.3) is 11.3 Å². The molecule has 0 amide bonds. The third-order valence-corrected chi connectivity index (χ3v) is 6.47. The maximum atomic E-state index is 11.5.